The van der Waals surface area contributed by atoms with E-state index in [0.29, 0.717) is 17.6 Å². The molecule has 0 aromatic rings. The number of carbonyl (C=O) groups is 1. The van der Waals surface area contributed by atoms with Crippen molar-refractivity contribution in [1.82, 2.24) is 0 Å². The van der Waals surface area contributed by atoms with E-state index < -0.39 is 5.97 Å². The van der Waals surface area contributed by atoms with Gasteiger partial charge in [-0.2, -0.15) is 0 Å². The maximum atomic E-state index is 11.3. The van der Waals surface area contributed by atoms with Crippen LogP contribution >= 0.6 is 0 Å². The average molecular weight is 421 g/mol. The lowest BCUT2D eigenvalue weighted by Gasteiger charge is -2.30. The summed E-state index contributed by atoms with van der Waals surface area (Å²) < 4.78 is 0.307. The van der Waals surface area contributed by atoms with Crippen LogP contribution in [-0.2, 0) is 4.79 Å². The number of carboxylic acid groups (broad SMARTS) is 1. The van der Waals surface area contributed by atoms with E-state index in [4.69, 9.17) is 5.73 Å². The van der Waals surface area contributed by atoms with Gasteiger partial charge in [-0.15, -0.1) is 0 Å². The van der Waals surface area contributed by atoms with Crippen LogP contribution in [-0.4, -0.2) is 41.0 Å². The fourth-order valence-electron chi connectivity index (χ4n) is 4.23. The highest BCUT2D eigenvalue weighted by molar-refractivity contribution is 5.81. The predicted octanol–water partition coefficient (Wildman–Crippen LogP) is 6.16. The van der Waals surface area contributed by atoms with E-state index >= 15 is 0 Å². The van der Waals surface area contributed by atoms with E-state index in [-0.39, 0.29) is 6.54 Å². The molecule has 0 aromatic heterocycles. The average Bonchev–Trinajstić information content (AvgIpc) is 3.09. The quantitative estimate of drug-likeness (QED) is 0.141. The summed E-state index contributed by atoms with van der Waals surface area (Å²) >= 11 is 0. The van der Waals surface area contributed by atoms with Crippen molar-refractivity contribution < 1.29 is 14.4 Å². The van der Waals surface area contributed by atoms with E-state index in [2.05, 4.69) is 24.1 Å². The molecule has 0 bridgehead atoms. The number of nitrogens with two attached hydrogens (primary N) is 1. The third-order valence-electron chi connectivity index (χ3n) is 5.96. The molecule has 0 saturated carbocycles. The fraction of sp³-hybridized carbons (Fsp3) is 0.760. The van der Waals surface area contributed by atoms with Crippen molar-refractivity contribution in [2.45, 2.75) is 103 Å². The molecule has 1 atom stereocenters. The number of unbranched alkanes of at least 4 members (excludes halogenated alkanes) is 12. The summed E-state index contributed by atoms with van der Waals surface area (Å²) in [6, 6.07) is 0. The Bertz CT molecular complexity index is 543. The maximum Gasteiger partial charge on any atom is 0.360 e. The Balaban J connectivity index is 1.97. The van der Waals surface area contributed by atoms with Gasteiger partial charge in [-0.3, -0.25) is 0 Å². The number of hydrogen-bond acceptors (Lipinski definition) is 3. The number of nitrogens with zero attached hydrogens (tertiary/aromatic N) is 2. The van der Waals surface area contributed by atoms with Crippen LogP contribution in [0.5, 0.6) is 0 Å². The van der Waals surface area contributed by atoms with Gasteiger partial charge in [0.15, 0.2) is 6.54 Å². The zero-order valence-corrected chi connectivity index (χ0v) is 19.4. The number of allylic oxidation sites excluding steroid dienone is 2. The van der Waals surface area contributed by atoms with Crippen LogP contribution in [0.25, 0.3) is 0 Å². The lowest BCUT2D eigenvalue weighted by Crippen LogP contribution is -2.52. The molecular formula is C25H46N3O2+. The maximum absolute atomic E-state index is 11.3. The molecule has 1 unspecified atom stereocenters. The van der Waals surface area contributed by atoms with Crippen molar-refractivity contribution in [3.63, 3.8) is 0 Å². The minimum Gasteiger partial charge on any atom is -0.477 e. The fourth-order valence-corrected chi connectivity index (χ4v) is 4.23. The highest BCUT2D eigenvalue weighted by Gasteiger charge is 2.36. The largest absolute Gasteiger partial charge is 0.477 e. The lowest BCUT2D eigenvalue weighted by molar-refractivity contribution is -0.778. The molecule has 0 amide bonds. The summed E-state index contributed by atoms with van der Waals surface area (Å²) in [5, 5.41) is 9.25. The minimum absolute atomic E-state index is 0.0441. The van der Waals surface area contributed by atoms with Gasteiger partial charge in [-0.1, -0.05) is 83.3 Å². The molecule has 5 nitrogen and oxygen atoms in total. The molecule has 1 aliphatic heterocycles. The monoisotopic (exact) mass is 420 g/mol. The summed E-state index contributed by atoms with van der Waals surface area (Å²) in [4.78, 5) is 15.7. The molecule has 0 spiro atoms. The second-order valence-electron chi connectivity index (χ2n) is 8.60. The summed E-state index contributed by atoms with van der Waals surface area (Å²) in [5.74, 6) is 0.163. The van der Waals surface area contributed by atoms with Crippen LogP contribution < -0.4 is 5.73 Å². The first-order valence-corrected chi connectivity index (χ1v) is 12.3. The molecular weight excluding hydrogens is 374 g/mol. The second-order valence-corrected chi connectivity index (χ2v) is 8.60. The summed E-state index contributed by atoms with van der Waals surface area (Å²) in [5.41, 5.74) is 5.72. The molecule has 0 saturated heterocycles. The normalized spacial score (nSPS) is 18.4. The molecule has 1 aliphatic rings. The predicted molar refractivity (Wildman–Crippen MR) is 127 cm³/mol. The topological polar surface area (TPSA) is 75.7 Å². The molecule has 1 rings (SSSR count). The van der Waals surface area contributed by atoms with Crippen LogP contribution in [0.3, 0.4) is 0 Å². The highest BCUT2D eigenvalue weighted by Crippen LogP contribution is 2.21. The van der Waals surface area contributed by atoms with Gasteiger partial charge >= 0.3 is 5.97 Å². The van der Waals surface area contributed by atoms with Gasteiger partial charge in [-0.25, -0.2) is 14.3 Å². The summed E-state index contributed by atoms with van der Waals surface area (Å²) in [6.07, 6.45) is 27.4. The van der Waals surface area contributed by atoms with E-state index in [1.54, 1.807) is 6.20 Å². The standard InChI is InChI=1S/C25H45N3O2/c1-2-3-4-5-6-7-8-9-10-11-12-13-14-15-16-17-18-24-27-20-22-28(24,21-19-26)23-25(29)30/h3-4,20,22H,2,5-19,21,23,26H2,1H3/p+1/b4-3+. The van der Waals surface area contributed by atoms with Gasteiger partial charge in [0.05, 0.1) is 6.20 Å². The van der Waals surface area contributed by atoms with Crippen molar-refractivity contribution in [2.75, 3.05) is 19.6 Å². The van der Waals surface area contributed by atoms with Gasteiger partial charge in [0.25, 0.3) is 0 Å². The Morgan fingerprint density at radius 1 is 0.967 bits per heavy atom. The van der Waals surface area contributed by atoms with E-state index in [1.807, 2.05) is 6.20 Å². The first-order chi connectivity index (χ1) is 14.6. The highest BCUT2D eigenvalue weighted by atomic mass is 16.4. The third kappa shape index (κ3) is 11.7. The zero-order valence-electron chi connectivity index (χ0n) is 19.4. The van der Waals surface area contributed by atoms with Crippen molar-refractivity contribution in [3.05, 3.63) is 24.6 Å². The van der Waals surface area contributed by atoms with Gasteiger partial charge < -0.3 is 10.8 Å². The number of aliphatic carboxylic acids is 1. The van der Waals surface area contributed by atoms with Gasteiger partial charge in [-0.05, 0) is 25.7 Å². The molecule has 0 fully saturated rings. The number of rotatable bonds is 20. The Hall–Kier alpha value is -1.46. The first-order valence-electron chi connectivity index (χ1n) is 12.3. The minimum atomic E-state index is -0.799. The Morgan fingerprint density at radius 3 is 2.07 bits per heavy atom. The lowest BCUT2D eigenvalue weighted by atomic mass is 10.0. The van der Waals surface area contributed by atoms with Gasteiger partial charge in [0.2, 0.25) is 5.84 Å². The molecule has 0 radical (unpaired) electrons. The Morgan fingerprint density at radius 2 is 1.53 bits per heavy atom. The summed E-state index contributed by atoms with van der Waals surface area (Å²) in [7, 11) is 0. The molecule has 0 aromatic carbocycles. The number of amidine groups is 1. The van der Waals surface area contributed by atoms with Crippen LogP contribution in [0.15, 0.2) is 29.5 Å². The number of aliphatic imine (C=N–C) groups is 1. The first kappa shape index (κ1) is 26.6. The van der Waals surface area contributed by atoms with Crippen LogP contribution in [0, 0.1) is 0 Å². The van der Waals surface area contributed by atoms with Crippen LogP contribution in [0.2, 0.25) is 0 Å². The van der Waals surface area contributed by atoms with Gasteiger partial charge in [0.1, 0.15) is 12.7 Å². The van der Waals surface area contributed by atoms with Crippen molar-refractivity contribution in [3.8, 4) is 0 Å². The van der Waals surface area contributed by atoms with E-state index in [1.165, 1.54) is 77.0 Å². The molecule has 3 N–H and O–H groups in total. The second kappa shape index (κ2) is 17.2. The number of hydrogen-bond donors (Lipinski definition) is 2. The molecule has 172 valence electrons. The molecule has 1 heterocycles. The third-order valence-corrected chi connectivity index (χ3v) is 5.96. The van der Waals surface area contributed by atoms with Crippen molar-refractivity contribution in [1.29, 1.82) is 0 Å². The number of quaternary nitrogens is 1. The van der Waals surface area contributed by atoms with E-state index in [0.717, 1.165) is 25.1 Å². The van der Waals surface area contributed by atoms with Crippen molar-refractivity contribution >= 4 is 11.8 Å². The Labute approximate surface area is 184 Å². The molecule has 30 heavy (non-hydrogen) atoms. The van der Waals surface area contributed by atoms with E-state index in [9.17, 15) is 9.90 Å². The SMILES string of the molecule is CC/C=C/CCCCCCCCCCCCCCC1=NC=C[N+]1(CCN)CC(=O)O. The Kier molecular flexibility index (Phi) is 15.3. The van der Waals surface area contributed by atoms with Gasteiger partial charge in [0, 0.05) is 13.0 Å². The van der Waals surface area contributed by atoms with Crippen LogP contribution in [0.4, 0.5) is 0 Å². The van der Waals surface area contributed by atoms with Crippen molar-refractivity contribution in [2.24, 2.45) is 10.7 Å². The molecule has 5 heteroatoms. The zero-order chi connectivity index (χ0) is 21.9. The summed E-state index contributed by atoms with van der Waals surface area (Å²) in [6.45, 7) is 3.31. The number of carboxylic acids is 1. The molecule has 0 aliphatic carbocycles. The smallest absolute Gasteiger partial charge is 0.360 e. The van der Waals surface area contributed by atoms with Crippen LogP contribution in [0.1, 0.15) is 103 Å².